The van der Waals surface area contributed by atoms with E-state index in [1.807, 2.05) is 6.07 Å². The summed E-state index contributed by atoms with van der Waals surface area (Å²) in [5.74, 6) is 0.699. The molecular formula is C7H4NO2. The molecule has 3 heteroatoms. The molecule has 0 aromatic carbocycles. The molecule has 0 aliphatic carbocycles. The van der Waals surface area contributed by atoms with E-state index in [9.17, 15) is 0 Å². The van der Waals surface area contributed by atoms with Crippen LogP contribution in [0.2, 0.25) is 0 Å². The molecule has 0 saturated carbocycles. The van der Waals surface area contributed by atoms with Crippen molar-refractivity contribution >= 4 is 0 Å². The highest BCUT2D eigenvalue weighted by molar-refractivity contribution is 5.48. The van der Waals surface area contributed by atoms with Crippen molar-refractivity contribution in [2.75, 3.05) is 0 Å². The second-order valence-electron chi connectivity index (χ2n) is 1.80. The van der Waals surface area contributed by atoms with Crippen molar-refractivity contribution in [1.82, 2.24) is 4.98 Å². The van der Waals surface area contributed by atoms with Gasteiger partial charge in [-0.05, 0) is 12.1 Å². The van der Waals surface area contributed by atoms with Crippen molar-refractivity contribution in [3.05, 3.63) is 31.1 Å². The zero-order chi connectivity index (χ0) is 6.81. The molecule has 0 N–H and O–H groups in total. The Morgan fingerprint density at radius 1 is 1.50 bits per heavy atom. The van der Waals surface area contributed by atoms with E-state index < -0.39 is 0 Å². The van der Waals surface area contributed by atoms with Crippen LogP contribution < -0.4 is 0 Å². The summed E-state index contributed by atoms with van der Waals surface area (Å²) in [6.07, 6.45) is 5.41. The van der Waals surface area contributed by atoms with E-state index in [0.29, 0.717) is 11.5 Å². The minimum Gasteiger partial charge on any atom is -0.463 e. The summed E-state index contributed by atoms with van der Waals surface area (Å²) in [4.78, 5) is 3.77. The Kier molecular flexibility index (Phi) is 1.07. The molecule has 2 aromatic rings. The molecule has 0 fully saturated rings. The summed E-state index contributed by atoms with van der Waals surface area (Å²) in [5.41, 5.74) is 0.671. The first-order valence-electron chi connectivity index (χ1n) is 2.82. The van der Waals surface area contributed by atoms with Crippen LogP contribution in [-0.2, 0) is 0 Å². The monoisotopic (exact) mass is 134 g/mol. The lowest BCUT2D eigenvalue weighted by Gasteiger charge is -1.82. The maximum Gasteiger partial charge on any atom is 0.284 e. The van der Waals surface area contributed by atoms with Crippen molar-refractivity contribution in [3.8, 4) is 11.5 Å². The first-order valence-corrected chi connectivity index (χ1v) is 2.82. The van der Waals surface area contributed by atoms with E-state index >= 15 is 0 Å². The molecular weight excluding hydrogens is 130 g/mol. The van der Waals surface area contributed by atoms with Crippen LogP contribution in [0.5, 0.6) is 0 Å². The van der Waals surface area contributed by atoms with Gasteiger partial charge < -0.3 is 8.83 Å². The van der Waals surface area contributed by atoms with Crippen LogP contribution in [0.4, 0.5) is 0 Å². The van der Waals surface area contributed by atoms with Gasteiger partial charge in [0.25, 0.3) is 6.39 Å². The number of nitrogens with zero attached hydrogens (tertiary/aromatic N) is 1. The third-order valence-electron chi connectivity index (χ3n) is 1.16. The fourth-order valence-electron chi connectivity index (χ4n) is 0.722. The Morgan fingerprint density at radius 3 is 3.10 bits per heavy atom. The average Bonchev–Trinajstić information content (AvgIpc) is 2.59. The molecule has 0 spiro atoms. The van der Waals surface area contributed by atoms with Crippen LogP contribution in [0.15, 0.2) is 33.5 Å². The Hall–Kier alpha value is -1.51. The molecule has 0 saturated heterocycles. The Labute approximate surface area is 57.3 Å². The van der Waals surface area contributed by atoms with E-state index in [1.165, 1.54) is 6.26 Å². The number of furan rings is 1. The van der Waals surface area contributed by atoms with E-state index in [-0.39, 0.29) is 0 Å². The molecule has 1 radical (unpaired) electrons. The second-order valence-corrected chi connectivity index (χ2v) is 1.80. The van der Waals surface area contributed by atoms with Gasteiger partial charge in [-0.25, -0.2) is 4.98 Å². The fourth-order valence-corrected chi connectivity index (χ4v) is 0.722. The Bertz CT molecular complexity index is 251. The van der Waals surface area contributed by atoms with Crippen molar-refractivity contribution in [2.24, 2.45) is 0 Å². The van der Waals surface area contributed by atoms with Gasteiger partial charge >= 0.3 is 0 Å². The predicted octanol–water partition coefficient (Wildman–Crippen LogP) is 1.73. The van der Waals surface area contributed by atoms with Gasteiger partial charge in [-0.3, -0.25) is 0 Å². The molecule has 3 nitrogen and oxygen atoms in total. The molecule has 2 heterocycles. The number of oxazole rings is 1. The van der Waals surface area contributed by atoms with Gasteiger partial charge in [-0.15, -0.1) is 0 Å². The van der Waals surface area contributed by atoms with Gasteiger partial charge in [0.2, 0.25) is 0 Å². The topological polar surface area (TPSA) is 39.2 Å². The predicted molar refractivity (Wildman–Crippen MR) is 33.0 cm³/mol. The minimum atomic E-state index is 0.671. The third kappa shape index (κ3) is 0.719. The SMILES string of the molecule is [c]1nc(-c2ccco2)co1. The Morgan fingerprint density at radius 2 is 2.50 bits per heavy atom. The molecule has 49 valence electrons. The maximum absolute atomic E-state index is 5.04. The fraction of sp³-hybridized carbons (Fsp3) is 0. The third-order valence-corrected chi connectivity index (χ3v) is 1.16. The number of hydrogen-bond acceptors (Lipinski definition) is 3. The highest BCUT2D eigenvalue weighted by atomic mass is 16.3. The lowest BCUT2D eigenvalue weighted by atomic mass is 10.4. The lowest BCUT2D eigenvalue weighted by Crippen LogP contribution is -1.68. The Balaban J connectivity index is 2.48. The van der Waals surface area contributed by atoms with Crippen LogP contribution >= 0.6 is 0 Å². The molecule has 0 amide bonds. The van der Waals surface area contributed by atoms with E-state index in [4.69, 9.17) is 4.42 Å². The van der Waals surface area contributed by atoms with E-state index in [0.717, 1.165) is 0 Å². The quantitative estimate of drug-likeness (QED) is 0.596. The average molecular weight is 134 g/mol. The summed E-state index contributed by atoms with van der Waals surface area (Å²) >= 11 is 0. The van der Waals surface area contributed by atoms with Crippen molar-refractivity contribution in [1.29, 1.82) is 0 Å². The summed E-state index contributed by atoms with van der Waals surface area (Å²) in [5, 5.41) is 0. The van der Waals surface area contributed by atoms with Crippen LogP contribution in [-0.4, -0.2) is 4.98 Å². The molecule has 0 aliphatic rings. The van der Waals surface area contributed by atoms with Crippen molar-refractivity contribution < 1.29 is 8.83 Å². The number of rotatable bonds is 1. The highest BCUT2D eigenvalue weighted by Gasteiger charge is 2.01. The largest absolute Gasteiger partial charge is 0.463 e. The molecule has 0 atom stereocenters. The zero-order valence-corrected chi connectivity index (χ0v) is 5.07. The molecule has 0 bridgehead atoms. The summed E-state index contributed by atoms with van der Waals surface area (Å²) < 4.78 is 9.68. The second kappa shape index (κ2) is 2.02. The highest BCUT2D eigenvalue weighted by Crippen LogP contribution is 2.15. The normalized spacial score (nSPS) is 10.0. The van der Waals surface area contributed by atoms with Gasteiger partial charge in [0.05, 0.1) is 6.26 Å². The first kappa shape index (κ1) is 5.29. The van der Waals surface area contributed by atoms with Crippen molar-refractivity contribution in [3.63, 3.8) is 0 Å². The zero-order valence-electron chi connectivity index (χ0n) is 5.07. The molecule has 2 rings (SSSR count). The molecule has 10 heavy (non-hydrogen) atoms. The van der Waals surface area contributed by atoms with Crippen LogP contribution in [0.3, 0.4) is 0 Å². The molecule has 0 aliphatic heterocycles. The number of hydrogen-bond donors (Lipinski definition) is 0. The van der Waals surface area contributed by atoms with Crippen LogP contribution in [0.1, 0.15) is 0 Å². The van der Waals surface area contributed by atoms with Gasteiger partial charge in [-0.2, -0.15) is 0 Å². The molecule has 2 aromatic heterocycles. The van der Waals surface area contributed by atoms with Gasteiger partial charge in [0, 0.05) is 0 Å². The molecule has 0 unspecified atom stereocenters. The maximum atomic E-state index is 5.04. The summed E-state index contributed by atoms with van der Waals surface area (Å²) in [7, 11) is 0. The van der Waals surface area contributed by atoms with Gasteiger partial charge in [0.1, 0.15) is 12.0 Å². The number of aromatic nitrogens is 1. The minimum absolute atomic E-state index is 0.671. The van der Waals surface area contributed by atoms with Crippen LogP contribution in [0.25, 0.3) is 11.5 Å². The smallest absolute Gasteiger partial charge is 0.284 e. The van der Waals surface area contributed by atoms with E-state index in [2.05, 4.69) is 15.8 Å². The van der Waals surface area contributed by atoms with Gasteiger partial charge in [-0.1, -0.05) is 0 Å². The first-order chi connectivity index (χ1) is 4.97. The standard InChI is InChI=1S/C7H4NO2/c1-2-7(10-3-1)6-4-9-5-8-6/h1-4H. The van der Waals surface area contributed by atoms with Crippen molar-refractivity contribution in [2.45, 2.75) is 0 Å². The summed E-state index contributed by atoms with van der Waals surface area (Å²) in [6.45, 7) is 0. The van der Waals surface area contributed by atoms with Gasteiger partial charge in [0.15, 0.2) is 5.76 Å². The lowest BCUT2D eigenvalue weighted by molar-refractivity contribution is 0.546. The summed E-state index contributed by atoms with van der Waals surface area (Å²) in [6, 6.07) is 3.61. The van der Waals surface area contributed by atoms with Crippen LogP contribution in [0, 0.1) is 6.39 Å². The van der Waals surface area contributed by atoms with E-state index in [1.54, 1.807) is 12.3 Å².